The van der Waals surface area contributed by atoms with Crippen molar-refractivity contribution in [1.29, 1.82) is 5.26 Å². The number of aromatic nitrogens is 1. The largest absolute Gasteiger partial charge is 0.346 e. The van der Waals surface area contributed by atoms with E-state index in [0.29, 0.717) is 38.2 Å². The van der Waals surface area contributed by atoms with E-state index >= 15 is 0 Å². The molecule has 0 atom stereocenters. The third-order valence-electron chi connectivity index (χ3n) is 4.74. The van der Waals surface area contributed by atoms with Gasteiger partial charge in [-0.25, -0.2) is 0 Å². The van der Waals surface area contributed by atoms with Crippen molar-refractivity contribution >= 4 is 22.6 Å². The van der Waals surface area contributed by atoms with Gasteiger partial charge in [-0.2, -0.15) is 5.26 Å². The number of piperazine rings is 1. The predicted octanol–water partition coefficient (Wildman–Crippen LogP) is 1.90. The van der Waals surface area contributed by atoms with Crippen LogP contribution in [0.2, 0.25) is 0 Å². The minimum atomic E-state index is 0.0863. The zero-order valence-corrected chi connectivity index (χ0v) is 14.4. The molecule has 0 bridgehead atoms. The molecule has 6 heteroatoms. The molecule has 2 aromatic rings. The summed E-state index contributed by atoms with van der Waals surface area (Å²) in [5.74, 6) is 0.176. The number of rotatable bonds is 5. The van der Waals surface area contributed by atoms with Gasteiger partial charge in [-0.3, -0.25) is 14.5 Å². The SMILES string of the molecule is CC(=O)N1CCN(CC(=O)c2cn(CCC#N)c3ccccc23)CC1. The molecule has 6 nitrogen and oxygen atoms in total. The van der Waals surface area contributed by atoms with Gasteiger partial charge in [-0.15, -0.1) is 0 Å². The van der Waals surface area contributed by atoms with Crippen LogP contribution in [0.25, 0.3) is 10.9 Å². The number of Topliss-reactive ketones (excluding diaryl/α,β-unsaturated/α-hetero) is 1. The van der Waals surface area contributed by atoms with Crippen molar-refractivity contribution in [2.45, 2.75) is 19.9 Å². The van der Waals surface area contributed by atoms with Crippen LogP contribution in [-0.4, -0.2) is 58.8 Å². The lowest BCUT2D eigenvalue weighted by Gasteiger charge is -2.33. The highest BCUT2D eigenvalue weighted by atomic mass is 16.2. The summed E-state index contributed by atoms with van der Waals surface area (Å²) in [5, 5.41) is 9.77. The van der Waals surface area contributed by atoms with E-state index < -0.39 is 0 Å². The molecule has 1 amide bonds. The van der Waals surface area contributed by atoms with Crippen molar-refractivity contribution in [3.63, 3.8) is 0 Å². The van der Waals surface area contributed by atoms with Crippen LogP contribution in [0.5, 0.6) is 0 Å². The molecule has 1 saturated heterocycles. The van der Waals surface area contributed by atoms with Gasteiger partial charge < -0.3 is 9.47 Å². The topological polar surface area (TPSA) is 69.3 Å². The fourth-order valence-electron chi connectivity index (χ4n) is 3.33. The summed E-state index contributed by atoms with van der Waals surface area (Å²) in [4.78, 5) is 28.1. The number of nitriles is 1. The Balaban J connectivity index is 1.74. The summed E-state index contributed by atoms with van der Waals surface area (Å²) in [6.07, 6.45) is 2.29. The van der Waals surface area contributed by atoms with Crippen LogP contribution in [0, 0.1) is 11.3 Å². The van der Waals surface area contributed by atoms with Crippen LogP contribution < -0.4 is 0 Å². The number of amides is 1. The van der Waals surface area contributed by atoms with E-state index in [9.17, 15) is 9.59 Å². The van der Waals surface area contributed by atoms with Crippen LogP contribution in [0.15, 0.2) is 30.5 Å². The number of nitrogens with zero attached hydrogens (tertiary/aromatic N) is 4. The molecule has 3 rings (SSSR count). The predicted molar refractivity (Wildman–Crippen MR) is 95.2 cm³/mol. The quantitative estimate of drug-likeness (QED) is 0.781. The van der Waals surface area contributed by atoms with Crippen LogP contribution >= 0.6 is 0 Å². The summed E-state index contributed by atoms with van der Waals surface area (Å²) in [7, 11) is 0. The van der Waals surface area contributed by atoms with Crippen LogP contribution in [-0.2, 0) is 11.3 Å². The highest BCUT2D eigenvalue weighted by Gasteiger charge is 2.22. The molecule has 130 valence electrons. The van der Waals surface area contributed by atoms with Gasteiger partial charge in [0, 0.05) is 62.3 Å². The minimum absolute atomic E-state index is 0.0863. The minimum Gasteiger partial charge on any atom is -0.346 e. The number of benzene rings is 1. The van der Waals surface area contributed by atoms with Gasteiger partial charge in [0.05, 0.1) is 19.0 Å². The summed E-state index contributed by atoms with van der Waals surface area (Å²) in [6.45, 7) is 5.31. The molecule has 25 heavy (non-hydrogen) atoms. The van der Waals surface area contributed by atoms with Crippen molar-refractivity contribution in [2.24, 2.45) is 0 Å². The zero-order chi connectivity index (χ0) is 17.8. The number of hydrogen-bond donors (Lipinski definition) is 0. The number of fused-ring (bicyclic) bond motifs is 1. The molecule has 0 unspecified atom stereocenters. The molecular weight excluding hydrogens is 316 g/mol. The lowest BCUT2D eigenvalue weighted by molar-refractivity contribution is -0.130. The second-order valence-corrected chi connectivity index (χ2v) is 6.37. The van der Waals surface area contributed by atoms with Crippen molar-refractivity contribution in [3.05, 3.63) is 36.0 Å². The Labute approximate surface area is 147 Å². The van der Waals surface area contributed by atoms with Gasteiger partial charge in [-0.05, 0) is 6.07 Å². The lowest BCUT2D eigenvalue weighted by atomic mass is 10.1. The number of hydrogen-bond acceptors (Lipinski definition) is 4. The monoisotopic (exact) mass is 338 g/mol. The molecule has 0 saturated carbocycles. The van der Waals surface area contributed by atoms with E-state index in [1.807, 2.05) is 39.9 Å². The highest BCUT2D eigenvalue weighted by molar-refractivity contribution is 6.09. The molecule has 0 N–H and O–H groups in total. The molecule has 1 aromatic carbocycles. The maximum absolute atomic E-state index is 12.8. The van der Waals surface area contributed by atoms with E-state index in [2.05, 4.69) is 11.0 Å². The summed E-state index contributed by atoms with van der Waals surface area (Å²) >= 11 is 0. The third kappa shape index (κ3) is 3.72. The Kier molecular flexibility index (Phi) is 5.15. The Morgan fingerprint density at radius 2 is 1.88 bits per heavy atom. The molecule has 0 aliphatic carbocycles. The first-order valence-electron chi connectivity index (χ1n) is 8.56. The van der Waals surface area contributed by atoms with Gasteiger partial charge in [-0.1, -0.05) is 18.2 Å². The lowest BCUT2D eigenvalue weighted by Crippen LogP contribution is -2.49. The average Bonchev–Trinajstić information content (AvgIpc) is 2.99. The van der Waals surface area contributed by atoms with Crippen molar-refractivity contribution in [3.8, 4) is 6.07 Å². The van der Waals surface area contributed by atoms with E-state index in [-0.39, 0.29) is 11.7 Å². The van der Waals surface area contributed by atoms with Crippen LogP contribution in [0.3, 0.4) is 0 Å². The van der Waals surface area contributed by atoms with Crippen molar-refractivity contribution < 1.29 is 9.59 Å². The van der Waals surface area contributed by atoms with E-state index in [1.54, 1.807) is 6.92 Å². The number of aryl methyl sites for hydroxylation is 1. The summed E-state index contributed by atoms with van der Waals surface area (Å²) < 4.78 is 1.99. The first kappa shape index (κ1) is 17.2. The number of ketones is 1. The molecule has 0 radical (unpaired) electrons. The van der Waals surface area contributed by atoms with Crippen LogP contribution in [0.4, 0.5) is 0 Å². The second kappa shape index (κ2) is 7.49. The summed E-state index contributed by atoms with van der Waals surface area (Å²) in [5.41, 5.74) is 1.70. The maximum atomic E-state index is 12.8. The number of carbonyl (C=O) groups is 2. The molecule has 1 aliphatic heterocycles. The molecule has 2 heterocycles. The Hall–Kier alpha value is -2.65. The Morgan fingerprint density at radius 3 is 2.56 bits per heavy atom. The van der Waals surface area contributed by atoms with Crippen molar-refractivity contribution in [1.82, 2.24) is 14.4 Å². The third-order valence-corrected chi connectivity index (χ3v) is 4.74. The molecular formula is C19H22N4O2. The Bertz CT molecular complexity index is 826. The second-order valence-electron chi connectivity index (χ2n) is 6.37. The highest BCUT2D eigenvalue weighted by Crippen LogP contribution is 2.22. The van der Waals surface area contributed by atoms with Gasteiger partial charge in [0.15, 0.2) is 5.78 Å². The fraction of sp³-hybridized carbons (Fsp3) is 0.421. The molecule has 1 aliphatic rings. The molecule has 0 spiro atoms. The number of para-hydroxylation sites is 1. The van der Waals surface area contributed by atoms with E-state index in [1.165, 1.54) is 0 Å². The van der Waals surface area contributed by atoms with E-state index in [0.717, 1.165) is 24.0 Å². The Morgan fingerprint density at radius 1 is 1.16 bits per heavy atom. The van der Waals surface area contributed by atoms with Gasteiger partial charge in [0.2, 0.25) is 5.91 Å². The van der Waals surface area contributed by atoms with Crippen molar-refractivity contribution in [2.75, 3.05) is 32.7 Å². The first-order valence-corrected chi connectivity index (χ1v) is 8.56. The normalized spacial score (nSPS) is 15.3. The standard InChI is InChI=1S/C19H22N4O2/c1-15(24)22-11-9-21(10-12-22)14-19(25)17-13-23(8-4-7-20)18-6-3-2-5-16(17)18/h2-3,5-6,13H,4,8-12,14H2,1H3. The van der Waals surface area contributed by atoms with Gasteiger partial charge in [0.25, 0.3) is 0 Å². The smallest absolute Gasteiger partial charge is 0.219 e. The average molecular weight is 338 g/mol. The van der Waals surface area contributed by atoms with Crippen LogP contribution in [0.1, 0.15) is 23.7 Å². The first-order chi connectivity index (χ1) is 12.1. The van der Waals surface area contributed by atoms with Gasteiger partial charge in [0.1, 0.15) is 0 Å². The zero-order valence-electron chi connectivity index (χ0n) is 14.4. The number of carbonyl (C=O) groups excluding carboxylic acids is 2. The summed E-state index contributed by atoms with van der Waals surface area (Å²) in [6, 6.07) is 9.97. The van der Waals surface area contributed by atoms with E-state index in [4.69, 9.17) is 5.26 Å². The fourth-order valence-corrected chi connectivity index (χ4v) is 3.33. The molecule has 1 fully saturated rings. The van der Waals surface area contributed by atoms with Gasteiger partial charge >= 0.3 is 0 Å². The maximum Gasteiger partial charge on any atom is 0.219 e. The molecule has 1 aromatic heterocycles.